The molecule has 0 unspecified atom stereocenters. The van der Waals surface area contributed by atoms with E-state index >= 15 is 0 Å². The van der Waals surface area contributed by atoms with Gasteiger partial charge in [0, 0.05) is 19.8 Å². The molecule has 2 rings (SSSR count). The van der Waals surface area contributed by atoms with Crippen LogP contribution >= 0.6 is 0 Å². The minimum atomic E-state index is 0.101. The predicted octanol–water partition coefficient (Wildman–Crippen LogP) is 6.77. The Morgan fingerprint density at radius 2 is 1.40 bits per heavy atom. The molecule has 0 amide bonds. The van der Waals surface area contributed by atoms with E-state index < -0.39 is 0 Å². The number of phenols is 1. The summed E-state index contributed by atoms with van der Waals surface area (Å²) in [6.45, 7) is 6.63. The smallest absolute Gasteiger partial charge is 0.188 e. The van der Waals surface area contributed by atoms with Crippen molar-refractivity contribution in [1.29, 1.82) is 0 Å². The molecule has 0 aliphatic heterocycles. The molecule has 6 nitrogen and oxygen atoms in total. The molecule has 2 aromatic rings. The highest BCUT2D eigenvalue weighted by molar-refractivity contribution is 5.73. The first-order valence-electron chi connectivity index (χ1n) is 11.6. The fourth-order valence-electron chi connectivity index (χ4n) is 3.40. The summed E-state index contributed by atoms with van der Waals surface area (Å²) in [5.41, 5.74) is 5.35. The summed E-state index contributed by atoms with van der Waals surface area (Å²) in [4.78, 5) is 0. The molecule has 0 aromatic heterocycles. The maximum absolute atomic E-state index is 9.84. The first kappa shape index (κ1) is 28.0. The summed E-state index contributed by atoms with van der Waals surface area (Å²) < 4.78 is 27.4. The van der Waals surface area contributed by atoms with E-state index in [0.717, 1.165) is 29.5 Å². The highest BCUT2D eigenvalue weighted by Gasteiger charge is 2.13. The van der Waals surface area contributed by atoms with E-state index in [1.165, 1.54) is 18.3 Å². The molecular weight excluding hydrogens is 444 g/mol. The lowest BCUT2D eigenvalue weighted by molar-refractivity contribution is 0.0448. The number of methoxy groups -OCH3 is 3. The zero-order chi connectivity index (χ0) is 25.6. The fraction of sp³-hybridized carbons (Fsp3) is 0.379. The van der Waals surface area contributed by atoms with Gasteiger partial charge in [0.2, 0.25) is 0 Å². The van der Waals surface area contributed by atoms with Crippen LogP contribution in [0, 0.1) is 0 Å². The maximum atomic E-state index is 9.84. The van der Waals surface area contributed by atoms with E-state index in [9.17, 15) is 5.11 Å². The lowest BCUT2D eigenvalue weighted by Crippen LogP contribution is -2.06. The van der Waals surface area contributed by atoms with Crippen molar-refractivity contribution in [2.45, 2.75) is 40.0 Å². The van der Waals surface area contributed by atoms with Crippen molar-refractivity contribution in [2.24, 2.45) is 0 Å². The van der Waals surface area contributed by atoms with Crippen molar-refractivity contribution >= 4 is 12.2 Å². The monoisotopic (exact) mass is 482 g/mol. The molecule has 2 aromatic carbocycles. The number of allylic oxidation sites excluding steroid dienone is 4. The van der Waals surface area contributed by atoms with Gasteiger partial charge in [0.15, 0.2) is 25.1 Å². The molecule has 0 bridgehead atoms. The van der Waals surface area contributed by atoms with Crippen LogP contribution in [-0.2, 0) is 15.9 Å². The molecular formula is C29H38O6. The van der Waals surface area contributed by atoms with Crippen LogP contribution in [0.3, 0.4) is 0 Å². The van der Waals surface area contributed by atoms with Crippen LogP contribution in [0.25, 0.3) is 12.2 Å². The Labute approximate surface area is 209 Å². The number of rotatable bonds is 14. The molecule has 0 aliphatic rings. The number of hydrogen-bond donors (Lipinski definition) is 1. The summed E-state index contributed by atoms with van der Waals surface area (Å²) in [6.07, 6.45) is 11.0. The summed E-state index contributed by atoms with van der Waals surface area (Å²) >= 11 is 0. The number of ether oxygens (including phenoxy) is 5. The number of phenolic OH excluding ortho intramolecular Hbond substituents is 1. The molecule has 190 valence electrons. The molecule has 1 N–H and O–H groups in total. The van der Waals surface area contributed by atoms with Gasteiger partial charge in [0.05, 0.1) is 7.11 Å². The summed E-state index contributed by atoms with van der Waals surface area (Å²) in [7, 11) is 4.71. The molecule has 6 heteroatoms. The van der Waals surface area contributed by atoms with E-state index in [1.807, 2.05) is 30.4 Å². The highest BCUT2D eigenvalue weighted by Crippen LogP contribution is 2.34. The summed E-state index contributed by atoms with van der Waals surface area (Å²) in [5, 5.41) is 9.84. The minimum Gasteiger partial charge on any atom is -0.504 e. The first-order valence-corrected chi connectivity index (χ1v) is 11.6. The normalized spacial score (nSPS) is 11.5. The molecule has 0 radical (unpaired) electrons. The van der Waals surface area contributed by atoms with Crippen LogP contribution in [0.1, 0.15) is 50.3 Å². The van der Waals surface area contributed by atoms with Crippen molar-refractivity contribution in [3.8, 4) is 23.0 Å². The SMILES string of the molecule is COCOc1cc(/C=C/c2ccc(O)c(OC)c2)cc(OCOC)c1C/C=C(\C)CCC=C(C)C. The average molecular weight is 483 g/mol. The van der Waals surface area contributed by atoms with Gasteiger partial charge in [0.25, 0.3) is 0 Å². The Balaban J connectivity index is 2.38. The third kappa shape index (κ3) is 9.51. The molecule has 0 fully saturated rings. The first-order chi connectivity index (χ1) is 16.9. The van der Waals surface area contributed by atoms with Gasteiger partial charge in [-0.05, 0) is 75.4 Å². The second-order valence-corrected chi connectivity index (χ2v) is 8.44. The van der Waals surface area contributed by atoms with Crippen LogP contribution < -0.4 is 14.2 Å². The maximum Gasteiger partial charge on any atom is 0.188 e. The van der Waals surface area contributed by atoms with Crippen LogP contribution in [0.2, 0.25) is 0 Å². The third-order valence-electron chi connectivity index (χ3n) is 5.27. The van der Waals surface area contributed by atoms with Crippen LogP contribution in [-0.4, -0.2) is 40.0 Å². The summed E-state index contributed by atoms with van der Waals surface area (Å²) in [6, 6.07) is 9.13. The Bertz CT molecular complexity index is 1000. The molecule has 35 heavy (non-hydrogen) atoms. The van der Waals surface area contributed by atoms with Crippen molar-refractivity contribution < 1.29 is 28.8 Å². The van der Waals surface area contributed by atoms with Crippen molar-refractivity contribution in [2.75, 3.05) is 34.9 Å². The Hall–Kier alpha value is -3.22. The fourth-order valence-corrected chi connectivity index (χ4v) is 3.40. The van der Waals surface area contributed by atoms with Gasteiger partial charge in [-0.2, -0.15) is 0 Å². The van der Waals surface area contributed by atoms with Gasteiger partial charge in [-0.25, -0.2) is 0 Å². The quantitative estimate of drug-likeness (QED) is 0.182. The van der Waals surface area contributed by atoms with Gasteiger partial charge in [0.1, 0.15) is 11.5 Å². The van der Waals surface area contributed by atoms with Crippen LogP contribution in [0.15, 0.2) is 53.6 Å². The van der Waals surface area contributed by atoms with Gasteiger partial charge >= 0.3 is 0 Å². The molecule has 0 saturated carbocycles. The second kappa shape index (κ2) is 14.9. The molecule has 0 atom stereocenters. The van der Waals surface area contributed by atoms with E-state index in [1.54, 1.807) is 26.4 Å². The third-order valence-corrected chi connectivity index (χ3v) is 5.27. The van der Waals surface area contributed by atoms with Gasteiger partial charge in [-0.3, -0.25) is 0 Å². The van der Waals surface area contributed by atoms with E-state index in [2.05, 4.69) is 32.9 Å². The topological polar surface area (TPSA) is 66.4 Å². The molecule has 0 heterocycles. The molecule has 0 aliphatic carbocycles. The lowest BCUT2D eigenvalue weighted by Gasteiger charge is -2.16. The van der Waals surface area contributed by atoms with Gasteiger partial charge in [-0.15, -0.1) is 0 Å². The second-order valence-electron chi connectivity index (χ2n) is 8.44. The van der Waals surface area contributed by atoms with Crippen molar-refractivity contribution in [1.82, 2.24) is 0 Å². The zero-order valence-electron chi connectivity index (χ0n) is 21.7. The number of hydrogen-bond acceptors (Lipinski definition) is 6. The number of benzene rings is 2. The average Bonchev–Trinajstić information content (AvgIpc) is 2.84. The van der Waals surface area contributed by atoms with Crippen LogP contribution in [0.4, 0.5) is 0 Å². The van der Waals surface area contributed by atoms with Gasteiger partial charge < -0.3 is 28.8 Å². The Morgan fingerprint density at radius 3 is 1.97 bits per heavy atom. The zero-order valence-corrected chi connectivity index (χ0v) is 21.7. The molecule has 0 spiro atoms. The lowest BCUT2D eigenvalue weighted by atomic mass is 10.0. The van der Waals surface area contributed by atoms with E-state index in [0.29, 0.717) is 23.7 Å². The van der Waals surface area contributed by atoms with Crippen molar-refractivity contribution in [3.05, 3.63) is 70.3 Å². The molecule has 0 saturated heterocycles. The Morgan fingerprint density at radius 1 is 0.800 bits per heavy atom. The van der Waals surface area contributed by atoms with E-state index in [4.69, 9.17) is 23.7 Å². The number of aromatic hydroxyl groups is 1. The van der Waals surface area contributed by atoms with Gasteiger partial charge in [-0.1, -0.05) is 41.5 Å². The van der Waals surface area contributed by atoms with Crippen molar-refractivity contribution in [3.63, 3.8) is 0 Å². The highest BCUT2D eigenvalue weighted by atomic mass is 16.7. The predicted molar refractivity (Wildman–Crippen MR) is 141 cm³/mol. The summed E-state index contributed by atoms with van der Waals surface area (Å²) in [5.74, 6) is 1.90. The Kier molecular flexibility index (Phi) is 11.9. The van der Waals surface area contributed by atoms with E-state index in [-0.39, 0.29) is 19.3 Å². The van der Waals surface area contributed by atoms with Crippen LogP contribution in [0.5, 0.6) is 23.0 Å². The minimum absolute atomic E-state index is 0.101. The largest absolute Gasteiger partial charge is 0.504 e. The standard InChI is InChI=1S/C29H38O6/c1-21(2)8-7-9-22(3)10-14-25-27(34-19-31-4)17-24(18-28(25)35-20-32-5)12-11-23-13-15-26(30)29(16-23)33-6/h8,10-13,15-18,30H,7,9,14,19-20H2,1-6H3/b12-11+,22-10+.